The minimum absolute atomic E-state index is 0.181. The molecule has 1 rings (SSSR count). The smallest absolute Gasteiger partial charge is 0.328 e. The normalized spacial score (nSPS) is 12.1. The van der Waals surface area contributed by atoms with Crippen molar-refractivity contribution in [3.63, 3.8) is 0 Å². The summed E-state index contributed by atoms with van der Waals surface area (Å²) in [7, 11) is 2.80. The van der Waals surface area contributed by atoms with Gasteiger partial charge in [0.2, 0.25) is 0 Å². The molecule has 1 unspecified atom stereocenters. The molecule has 6 nitrogen and oxygen atoms in total. The number of esters is 1. The third kappa shape index (κ3) is 4.55. The van der Waals surface area contributed by atoms with Gasteiger partial charge in [0.05, 0.1) is 20.4 Å². The van der Waals surface area contributed by atoms with Crippen molar-refractivity contribution in [1.82, 2.24) is 9.97 Å². The van der Waals surface area contributed by atoms with Gasteiger partial charge in [-0.25, -0.2) is 9.78 Å². The first-order valence-electron chi connectivity index (χ1n) is 5.88. The van der Waals surface area contributed by atoms with Crippen LogP contribution in [-0.4, -0.2) is 36.2 Å². The Morgan fingerprint density at radius 3 is 2.68 bits per heavy atom. The molecule has 106 valence electrons. The summed E-state index contributed by atoms with van der Waals surface area (Å²) in [6, 6.07) is -0.331. The Kier molecular flexibility index (Phi) is 5.82. The van der Waals surface area contributed by atoms with E-state index < -0.39 is 6.04 Å². The van der Waals surface area contributed by atoms with Crippen molar-refractivity contribution in [2.45, 2.75) is 26.3 Å². The van der Waals surface area contributed by atoms with Crippen LogP contribution in [0.25, 0.3) is 0 Å². The van der Waals surface area contributed by atoms with Gasteiger partial charge in [0.1, 0.15) is 11.1 Å². The van der Waals surface area contributed by atoms with Crippen LogP contribution in [0.4, 0.5) is 5.82 Å². The summed E-state index contributed by atoms with van der Waals surface area (Å²) in [6.45, 7) is 4.03. The van der Waals surface area contributed by atoms with E-state index in [1.807, 2.05) is 13.8 Å². The maximum absolute atomic E-state index is 11.7. The fourth-order valence-corrected chi connectivity index (χ4v) is 1.69. The number of ether oxygens (including phenoxy) is 2. The minimum atomic E-state index is -0.512. The summed E-state index contributed by atoms with van der Waals surface area (Å²) in [5, 5.41) is 3.28. The number of anilines is 1. The molecule has 0 bridgehead atoms. The van der Waals surface area contributed by atoms with Gasteiger partial charge in [-0.15, -0.1) is 0 Å². The average Bonchev–Trinajstić information content (AvgIpc) is 2.38. The van der Waals surface area contributed by atoms with Crippen molar-refractivity contribution in [2.24, 2.45) is 5.92 Å². The summed E-state index contributed by atoms with van der Waals surface area (Å²) in [5.74, 6) is 0.311. The molecule has 0 aromatic carbocycles. The van der Waals surface area contributed by atoms with Crippen molar-refractivity contribution in [2.75, 3.05) is 19.5 Å². The number of hydrogen-bond acceptors (Lipinski definition) is 6. The topological polar surface area (TPSA) is 73.3 Å². The van der Waals surface area contributed by atoms with Gasteiger partial charge in [0, 0.05) is 0 Å². The summed E-state index contributed by atoms with van der Waals surface area (Å²) in [5.41, 5.74) is 0. The summed E-state index contributed by atoms with van der Waals surface area (Å²) < 4.78 is 9.68. The molecular formula is C12H18ClN3O3. The lowest BCUT2D eigenvalue weighted by molar-refractivity contribution is -0.141. The number of nitrogens with zero attached hydrogens (tertiary/aromatic N) is 2. The zero-order valence-corrected chi connectivity index (χ0v) is 12.2. The molecule has 0 spiro atoms. The van der Waals surface area contributed by atoms with Gasteiger partial charge in [0.15, 0.2) is 5.82 Å². The van der Waals surface area contributed by atoms with E-state index in [-0.39, 0.29) is 12.0 Å². The minimum Gasteiger partial charge on any atom is -0.467 e. The van der Waals surface area contributed by atoms with Crippen LogP contribution in [0.2, 0.25) is 5.02 Å². The fraction of sp³-hybridized carbons (Fsp3) is 0.583. The lowest BCUT2D eigenvalue weighted by Gasteiger charge is -2.19. The van der Waals surface area contributed by atoms with Crippen molar-refractivity contribution in [1.29, 1.82) is 0 Å². The second-order valence-corrected chi connectivity index (χ2v) is 4.81. The second-order valence-electron chi connectivity index (χ2n) is 4.40. The van der Waals surface area contributed by atoms with Gasteiger partial charge >= 0.3 is 12.0 Å². The predicted octanol–water partition coefficient (Wildman–Crippen LogP) is 2.14. The molecule has 7 heteroatoms. The van der Waals surface area contributed by atoms with Crippen LogP contribution in [-0.2, 0) is 9.53 Å². The fourth-order valence-electron chi connectivity index (χ4n) is 1.54. The molecule has 1 aromatic heterocycles. The number of carbonyl (C=O) groups is 1. The highest BCUT2D eigenvalue weighted by Crippen LogP contribution is 2.22. The summed E-state index contributed by atoms with van der Waals surface area (Å²) in [6.07, 6.45) is 2.02. The van der Waals surface area contributed by atoms with Gasteiger partial charge in [-0.3, -0.25) is 0 Å². The average molecular weight is 288 g/mol. The largest absolute Gasteiger partial charge is 0.467 e. The van der Waals surface area contributed by atoms with E-state index in [0.717, 1.165) is 0 Å². The van der Waals surface area contributed by atoms with Crippen LogP contribution in [0.1, 0.15) is 20.3 Å². The molecular weight excluding hydrogens is 270 g/mol. The Bertz CT molecular complexity index is 440. The van der Waals surface area contributed by atoms with Crippen molar-refractivity contribution in [3.8, 4) is 6.01 Å². The molecule has 1 aromatic rings. The van der Waals surface area contributed by atoms with Crippen LogP contribution in [0, 0.1) is 5.92 Å². The number of nitrogens with one attached hydrogen (secondary N) is 1. The number of aromatic nitrogens is 2. The van der Waals surface area contributed by atoms with Crippen molar-refractivity contribution < 1.29 is 14.3 Å². The van der Waals surface area contributed by atoms with Gasteiger partial charge in [0.25, 0.3) is 0 Å². The van der Waals surface area contributed by atoms with Crippen LogP contribution < -0.4 is 10.1 Å². The highest BCUT2D eigenvalue weighted by atomic mass is 35.5. The van der Waals surface area contributed by atoms with E-state index in [9.17, 15) is 4.79 Å². The molecule has 19 heavy (non-hydrogen) atoms. The first-order valence-corrected chi connectivity index (χ1v) is 6.26. The van der Waals surface area contributed by atoms with E-state index in [1.165, 1.54) is 20.4 Å². The Morgan fingerprint density at radius 2 is 2.16 bits per heavy atom. The van der Waals surface area contributed by atoms with Crippen LogP contribution >= 0.6 is 11.6 Å². The Balaban J connectivity index is 2.91. The molecule has 1 N–H and O–H groups in total. The predicted molar refractivity (Wildman–Crippen MR) is 72.5 cm³/mol. The van der Waals surface area contributed by atoms with Crippen molar-refractivity contribution in [3.05, 3.63) is 11.2 Å². The van der Waals surface area contributed by atoms with E-state index in [2.05, 4.69) is 15.3 Å². The molecule has 0 fully saturated rings. The highest BCUT2D eigenvalue weighted by molar-refractivity contribution is 6.32. The summed E-state index contributed by atoms with van der Waals surface area (Å²) in [4.78, 5) is 19.7. The zero-order valence-electron chi connectivity index (χ0n) is 11.4. The Labute approximate surface area is 117 Å². The third-order valence-corrected chi connectivity index (χ3v) is 2.68. The maximum Gasteiger partial charge on any atom is 0.328 e. The molecule has 0 radical (unpaired) electrons. The van der Waals surface area contributed by atoms with Crippen molar-refractivity contribution >= 4 is 23.4 Å². The number of methoxy groups -OCH3 is 2. The zero-order chi connectivity index (χ0) is 14.4. The lowest BCUT2D eigenvalue weighted by Crippen LogP contribution is -2.32. The van der Waals surface area contributed by atoms with Crippen LogP contribution in [0.3, 0.4) is 0 Å². The Morgan fingerprint density at radius 1 is 1.47 bits per heavy atom. The van der Waals surface area contributed by atoms with Gasteiger partial charge in [-0.2, -0.15) is 4.98 Å². The first-order chi connectivity index (χ1) is 8.97. The van der Waals surface area contributed by atoms with Gasteiger partial charge in [-0.05, 0) is 12.3 Å². The van der Waals surface area contributed by atoms with E-state index in [1.54, 1.807) is 0 Å². The quantitative estimate of drug-likeness (QED) is 0.808. The number of hydrogen-bond donors (Lipinski definition) is 1. The molecule has 0 aliphatic rings. The van der Waals surface area contributed by atoms with Gasteiger partial charge in [-0.1, -0.05) is 25.4 Å². The van der Waals surface area contributed by atoms with E-state index in [4.69, 9.17) is 21.1 Å². The number of carbonyl (C=O) groups excluding carboxylic acids is 1. The monoisotopic (exact) mass is 287 g/mol. The third-order valence-electron chi connectivity index (χ3n) is 2.41. The van der Waals surface area contributed by atoms with Gasteiger partial charge < -0.3 is 14.8 Å². The maximum atomic E-state index is 11.7. The second kappa shape index (κ2) is 7.13. The number of halogens is 1. The van der Waals surface area contributed by atoms with E-state index in [0.29, 0.717) is 23.2 Å². The number of rotatable bonds is 6. The molecule has 0 saturated carbocycles. The molecule has 1 atom stereocenters. The van der Waals surface area contributed by atoms with Crippen LogP contribution in [0.5, 0.6) is 6.01 Å². The van der Waals surface area contributed by atoms with E-state index >= 15 is 0 Å². The highest BCUT2D eigenvalue weighted by Gasteiger charge is 2.22. The summed E-state index contributed by atoms with van der Waals surface area (Å²) >= 11 is 5.99. The molecule has 0 amide bonds. The molecule has 0 saturated heterocycles. The Hall–Kier alpha value is -1.56. The van der Waals surface area contributed by atoms with Crippen LogP contribution in [0.15, 0.2) is 6.20 Å². The molecule has 1 heterocycles. The molecule has 0 aliphatic carbocycles. The first kappa shape index (κ1) is 15.5. The lowest BCUT2D eigenvalue weighted by atomic mass is 10.0. The molecule has 0 aliphatic heterocycles. The SMILES string of the molecule is COC(=O)C(CC(C)C)Nc1nc(OC)ncc1Cl. The standard InChI is InChI=1S/C12H18ClN3O3/c1-7(2)5-9(11(17)18-3)15-10-8(13)6-14-12(16-10)19-4/h6-7,9H,5H2,1-4H3,(H,14,15,16).